The second-order valence-corrected chi connectivity index (χ2v) is 4.61. The molecule has 0 amide bonds. The zero-order chi connectivity index (χ0) is 13.6. The van der Waals surface area contributed by atoms with Crippen molar-refractivity contribution in [1.82, 2.24) is 0 Å². The molecule has 0 saturated heterocycles. The first kappa shape index (κ1) is 11.9. The summed E-state index contributed by atoms with van der Waals surface area (Å²) < 4.78 is 5.17. The molecule has 0 aliphatic heterocycles. The molecular weight excluding hydrogens is 264 g/mol. The van der Waals surface area contributed by atoms with Crippen LogP contribution in [-0.4, -0.2) is 18.7 Å². The Balaban J connectivity index is 2.37. The fourth-order valence-corrected chi connectivity index (χ4v) is 2.60. The minimum absolute atomic E-state index is 0.203. The van der Waals surface area contributed by atoms with Crippen molar-refractivity contribution in [1.29, 1.82) is 0 Å². The molecule has 0 bridgehead atoms. The lowest BCUT2D eigenvalue weighted by Crippen LogP contribution is -2.22. The quantitative estimate of drug-likeness (QED) is 0.683. The van der Waals surface area contributed by atoms with Gasteiger partial charge in [-0.2, -0.15) is 0 Å². The number of methoxy groups -OCH3 is 1. The normalized spacial score (nSPS) is 12.9. The second kappa shape index (κ2) is 4.21. The summed E-state index contributed by atoms with van der Waals surface area (Å²) >= 11 is 6.05. The summed E-state index contributed by atoms with van der Waals surface area (Å²) in [6.07, 6.45) is 0. The van der Waals surface area contributed by atoms with Crippen molar-refractivity contribution in [2.75, 3.05) is 7.11 Å². The first-order chi connectivity index (χ1) is 9.15. The number of hydrogen-bond acceptors (Lipinski definition) is 3. The number of carbonyl (C=O) groups excluding carboxylic acids is 2. The Morgan fingerprint density at radius 1 is 0.895 bits per heavy atom. The molecule has 3 rings (SSSR count). The average molecular weight is 273 g/mol. The number of rotatable bonds is 1. The van der Waals surface area contributed by atoms with Gasteiger partial charge in [0.05, 0.1) is 23.3 Å². The van der Waals surface area contributed by atoms with Crippen molar-refractivity contribution in [3.63, 3.8) is 0 Å². The van der Waals surface area contributed by atoms with E-state index in [0.29, 0.717) is 16.9 Å². The van der Waals surface area contributed by atoms with Crippen LogP contribution in [0.1, 0.15) is 31.8 Å². The molecule has 19 heavy (non-hydrogen) atoms. The Morgan fingerprint density at radius 3 is 2.21 bits per heavy atom. The maximum atomic E-state index is 12.5. The first-order valence-electron chi connectivity index (χ1n) is 5.70. The number of benzene rings is 2. The number of fused-ring (bicyclic) bond motifs is 2. The van der Waals surface area contributed by atoms with Crippen molar-refractivity contribution in [2.24, 2.45) is 0 Å². The topological polar surface area (TPSA) is 43.4 Å². The number of ketones is 2. The average Bonchev–Trinajstić information content (AvgIpc) is 2.43. The highest BCUT2D eigenvalue weighted by Crippen LogP contribution is 2.35. The standard InChI is InChI=1S/C15H9ClO3/c1-19-11-7-3-5-9-13(11)15(18)12-8(14(9)17)4-2-6-10(12)16/h2-7H,1H3. The summed E-state index contributed by atoms with van der Waals surface area (Å²) in [4.78, 5) is 24.9. The number of halogens is 1. The third-order valence-corrected chi connectivity index (χ3v) is 3.52. The van der Waals surface area contributed by atoms with Crippen molar-refractivity contribution in [2.45, 2.75) is 0 Å². The molecule has 0 aromatic heterocycles. The Morgan fingerprint density at radius 2 is 1.53 bits per heavy atom. The largest absolute Gasteiger partial charge is 0.496 e. The van der Waals surface area contributed by atoms with Crippen molar-refractivity contribution >= 4 is 23.2 Å². The molecule has 0 spiro atoms. The minimum Gasteiger partial charge on any atom is -0.496 e. The van der Waals surface area contributed by atoms with E-state index in [1.807, 2.05) is 0 Å². The van der Waals surface area contributed by atoms with E-state index in [9.17, 15) is 9.59 Å². The van der Waals surface area contributed by atoms with E-state index in [0.717, 1.165) is 0 Å². The predicted octanol–water partition coefficient (Wildman–Crippen LogP) is 3.12. The maximum Gasteiger partial charge on any atom is 0.199 e. The highest BCUT2D eigenvalue weighted by molar-refractivity contribution is 6.39. The van der Waals surface area contributed by atoms with E-state index in [2.05, 4.69) is 0 Å². The van der Waals surface area contributed by atoms with E-state index in [4.69, 9.17) is 16.3 Å². The molecule has 1 aliphatic rings. The Bertz CT molecular complexity index is 719. The fraction of sp³-hybridized carbons (Fsp3) is 0.0667. The molecule has 0 N–H and O–H groups in total. The van der Waals surface area contributed by atoms with Crippen LogP contribution in [-0.2, 0) is 0 Å². The summed E-state index contributed by atoms with van der Waals surface area (Å²) in [5.41, 5.74) is 1.25. The van der Waals surface area contributed by atoms with Gasteiger partial charge in [0.15, 0.2) is 11.6 Å². The molecule has 0 atom stereocenters. The highest BCUT2D eigenvalue weighted by atomic mass is 35.5. The lowest BCUT2D eigenvalue weighted by Gasteiger charge is -2.20. The molecule has 2 aromatic carbocycles. The molecule has 1 aliphatic carbocycles. The summed E-state index contributed by atoms with van der Waals surface area (Å²) in [6, 6.07) is 9.86. The van der Waals surface area contributed by atoms with Crippen molar-refractivity contribution < 1.29 is 14.3 Å². The fourth-order valence-electron chi connectivity index (χ4n) is 2.34. The van der Waals surface area contributed by atoms with E-state index < -0.39 is 0 Å². The third kappa shape index (κ3) is 1.59. The number of hydrogen-bond donors (Lipinski definition) is 0. The van der Waals surface area contributed by atoms with Crippen LogP contribution in [0.5, 0.6) is 5.75 Å². The van der Waals surface area contributed by atoms with Gasteiger partial charge in [0.25, 0.3) is 0 Å². The van der Waals surface area contributed by atoms with Gasteiger partial charge in [-0.1, -0.05) is 35.9 Å². The highest BCUT2D eigenvalue weighted by Gasteiger charge is 2.33. The Labute approximate surface area is 114 Å². The summed E-state index contributed by atoms with van der Waals surface area (Å²) in [6.45, 7) is 0. The van der Waals surface area contributed by atoms with Gasteiger partial charge in [0, 0.05) is 11.1 Å². The molecule has 2 aromatic rings. The molecule has 4 heteroatoms. The molecule has 0 heterocycles. The summed E-state index contributed by atoms with van der Waals surface area (Å²) in [7, 11) is 1.47. The van der Waals surface area contributed by atoms with Crippen molar-refractivity contribution in [3.05, 3.63) is 63.7 Å². The van der Waals surface area contributed by atoms with Crippen LogP contribution < -0.4 is 4.74 Å². The van der Waals surface area contributed by atoms with Gasteiger partial charge in [-0.3, -0.25) is 9.59 Å². The second-order valence-electron chi connectivity index (χ2n) is 4.20. The van der Waals surface area contributed by atoms with Crippen LogP contribution in [0.3, 0.4) is 0 Å². The van der Waals surface area contributed by atoms with Crippen molar-refractivity contribution in [3.8, 4) is 5.75 Å². The van der Waals surface area contributed by atoms with Gasteiger partial charge in [-0.15, -0.1) is 0 Å². The zero-order valence-corrected chi connectivity index (χ0v) is 10.8. The van der Waals surface area contributed by atoms with E-state index in [1.165, 1.54) is 7.11 Å². The van der Waals surface area contributed by atoms with Crippen LogP contribution in [0.2, 0.25) is 5.02 Å². The number of carbonyl (C=O) groups is 2. The molecule has 0 radical (unpaired) electrons. The summed E-state index contributed by atoms with van der Waals surface area (Å²) in [5, 5.41) is 0.285. The van der Waals surface area contributed by atoms with Crippen LogP contribution in [0.4, 0.5) is 0 Å². The zero-order valence-electron chi connectivity index (χ0n) is 10.1. The molecular formula is C15H9ClO3. The van der Waals surface area contributed by atoms with E-state index >= 15 is 0 Å². The minimum atomic E-state index is -0.271. The number of ether oxygens (including phenoxy) is 1. The van der Waals surface area contributed by atoms with Crippen LogP contribution in [0.25, 0.3) is 0 Å². The molecule has 94 valence electrons. The van der Waals surface area contributed by atoms with Gasteiger partial charge < -0.3 is 4.74 Å². The Kier molecular flexibility index (Phi) is 2.64. The molecule has 0 saturated carbocycles. The smallest absolute Gasteiger partial charge is 0.199 e. The van der Waals surface area contributed by atoms with Gasteiger partial charge >= 0.3 is 0 Å². The lowest BCUT2D eigenvalue weighted by atomic mass is 9.83. The maximum absolute atomic E-state index is 12.5. The van der Waals surface area contributed by atoms with Crippen LogP contribution in [0.15, 0.2) is 36.4 Å². The van der Waals surface area contributed by atoms with E-state index in [-0.39, 0.29) is 27.7 Å². The van der Waals surface area contributed by atoms with E-state index in [1.54, 1.807) is 36.4 Å². The van der Waals surface area contributed by atoms with Crippen LogP contribution in [0, 0.1) is 0 Å². The monoisotopic (exact) mass is 272 g/mol. The van der Waals surface area contributed by atoms with Gasteiger partial charge in [-0.25, -0.2) is 0 Å². The molecule has 0 unspecified atom stereocenters. The van der Waals surface area contributed by atoms with Gasteiger partial charge in [-0.05, 0) is 12.1 Å². The lowest BCUT2D eigenvalue weighted by molar-refractivity contribution is 0.0976. The Hall–Kier alpha value is -2.13. The molecule has 3 nitrogen and oxygen atoms in total. The third-order valence-electron chi connectivity index (χ3n) is 3.20. The SMILES string of the molecule is COc1cccc2c1C(=O)c1c(Cl)cccc1C2=O. The molecule has 0 fully saturated rings. The first-order valence-corrected chi connectivity index (χ1v) is 6.08. The van der Waals surface area contributed by atoms with Crippen LogP contribution >= 0.6 is 11.6 Å². The van der Waals surface area contributed by atoms with Gasteiger partial charge in [0.2, 0.25) is 0 Å². The van der Waals surface area contributed by atoms with Gasteiger partial charge in [0.1, 0.15) is 5.75 Å². The summed E-state index contributed by atoms with van der Waals surface area (Å²) in [5.74, 6) is -0.0833. The predicted molar refractivity (Wildman–Crippen MR) is 71.3 cm³/mol.